The van der Waals surface area contributed by atoms with Crippen LogP contribution in [0.5, 0.6) is 0 Å². The second kappa shape index (κ2) is 8.38. The topological polar surface area (TPSA) is 110 Å². The second-order valence-corrected chi connectivity index (χ2v) is 8.70. The Hall–Kier alpha value is -3.65. The van der Waals surface area contributed by atoms with Gasteiger partial charge in [-0.2, -0.15) is 0 Å². The summed E-state index contributed by atoms with van der Waals surface area (Å²) in [5.41, 5.74) is 7.62. The zero-order valence-corrected chi connectivity index (χ0v) is 17.3. The molecule has 3 aromatic rings. The number of rotatable bonds is 6. The van der Waals surface area contributed by atoms with Gasteiger partial charge in [-0.05, 0) is 67.1 Å². The van der Waals surface area contributed by atoms with Crippen molar-refractivity contribution in [2.45, 2.75) is 11.8 Å². The molecule has 8 heteroatoms. The Kier molecular flexibility index (Phi) is 5.89. The summed E-state index contributed by atoms with van der Waals surface area (Å²) in [6.07, 6.45) is 0. The van der Waals surface area contributed by atoms with Gasteiger partial charge in [0.2, 0.25) is 5.91 Å². The van der Waals surface area contributed by atoms with Crippen molar-refractivity contribution in [3.8, 4) is 0 Å². The molecule has 0 unspecified atom stereocenters. The number of aryl methyl sites for hydroxylation is 1. The molecular weight excluding hydrogens is 402 g/mol. The minimum atomic E-state index is -3.85. The van der Waals surface area contributed by atoms with Gasteiger partial charge in [0.25, 0.3) is 15.9 Å². The van der Waals surface area contributed by atoms with Crippen LogP contribution in [0.2, 0.25) is 0 Å². The van der Waals surface area contributed by atoms with E-state index in [1.807, 2.05) is 13.0 Å². The number of nitrogens with zero attached hydrogens (tertiary/aromatic N) is 1. The molecular formula is C22H21N3O4S. The molecule has 0 atom stereocenters. The smallest absolute Gasteiger partial charge is 0.264 e. The number of hydrogen-bond acceptors (Lipinski definition) is 4. The molecule has 3 rings (SSSR count). The number of carbonyl (C=O) groups is 2. The number of nitrogens with two attached hydrogens (primary N) is 1. The lowest BCUT2D eigenvalue weighted by Gasteiger charge is -2.20. The molecule has 0 aliphatic carbocycles. The van der Waals surface area contributed by atoms with E-state index in [0.717, 1.165) is 5.56 Å². The van der Waals surface area contributed by atoms with Crippen LogP contribution in [0.3, 0.4) is 0 Å². The summed E-state index contributed by atoms with van der Waals surface area (Å²) < 4.78 is 27.2. The largest absolute Gasteiger partial charge is 0.366 e. The van der Waals surface area contributed by atoms with Gasteiger partial charge in [-0.15, -0.1) is 0 Å². The van der Waals surface area contributed by atoms with E-state index in [-0.39, 0.29) is 10.5 Å². The Morgan fingerprint density at radius 3 is 2.20 bits per heavy atom. The number of anilines is 2. The average Bonchev–Trinajstić information content (AvgIpc) is 2.73. The van der Waals surface area contributed by atoms with Gasteiger partial charge in [-0.1, -0.05) is 18.2 Å². The fourth-order valence-corrected chi connectivity index (χ4v) is 4.07. The molecule has 0 saturated heterocycles. The molecule has 0 radical (unpaired) electrons. The molecule has 154 valence electrons. The average molecular weight is 423 g/mol. The van der Waals surface area contributed by atoms with Crippen molar-refractivity contribution in [2.24, 2.45) is 5.73 Å². The first-order valence-corrected chi connectivity index (χ1v) is 10.5. The van der Waals surface area contributed by atoms with E-state index < -0.39 is 21.8 Å². The summed E-state index contributed by atoms with van der Waals surface area (Å²) in [5, 5.41) is 2.67. The monoisotopic (exact) mass is 423 g/mol. The third-order valence-electron chi connectivity index (χ3n) is 4.55. The van der Waals surface area contributed by atoms with Crippen molar-refractivity contribution in [3.63, 3.8) is 0 Å². The molecule has 0 heterocycles. The summed E-state index contributed by atoms with van der Waals surface area (Å²) in [7, 11) is -2.38. The van der Waals surface area contributed by atoms with Gasteiger partial charge in [-0.25, -0.2) is 8.42 Å². The zero-order valence-electron chi connectivity index (χ0n) is 16.5. The number of carbonyl (C=O) groups excluding carboxylic acids is 2. The molecule has 0 bridgehead atoms. The van der Waals surface area contributed by atoms with Gasteiger partial charge in [-0.3, -0.25) is 13.9 Å². The molecule has 3 aromatic carbocycles. The predicted octanol–water partition coefficient (Wildman–Crippen LogP) is 3.17. The maximum atomic E-state index is 13.0. The number of primary amides is 1. The Balaban J connectivity index is 1.84. The first kappa shape index (κ1) is 21.1. The van der Waals surface area contributed by atoms with Crippen molar-refractivity contribution in [3.05, 3.63) is 89.5 Å². The number of hydrogen-bond donors (Lipinski definition) is 2. The van der Waals surface area contributed by atoms with Gasteiger partial charge in [0.15, 0.2) is 0 Å². The lowest BCUT2D eigenvalue weighted by Crippen LogP contribution is -2.27. The summed E-state index contributed by atoms with van der Waals surface area (Å²) in [6, 6.07) is 19.0. The van der Waals surface area contributed by atoms with Crippen LogP contribution >= 0.6 is 0 Å². The minimum Gasteiger partial charge on any atom is -0.366 e. The predicted molar refractivity (Wildman–Crippen MR) is 116 cm³/mol. The molecule has 30 heavy (non-hydrogen) atoms. The lowest BCUT2D eigenvalue weighted by molar-refractivity contribution is 0.0998. The molecule has 0 aromatic heterocycles. The highest BCUT2D eigenvalue weighted by Crippen LogP contribution is 2.23. The first-order valence-electron chi connectivity index (χ1n) is 9.05. The third kappa shape index (κ3) is 4.49. The van der Waals surface area contributed by atoms with Gasteiger partial charge < -0.3 is 11.1 Å². The number of benzene rings is 3. The maximum absolute atomic E-state index is 13.0. The Bertz CT molecular complexity index is 1210. The molecule has 3 N–H and O–H groups in total. The number of sulfonamides is 1. The van der Waals surface area contributed by atoms with Crippen molar-refractivity contribution >= 4 is 33.2 Å². The van der Waals surface area contributed by atoms with Crippen molar-refractivity contribution in [1.29, 1.82) is 0 Å². The lowest BCUT2D eigenvalue weighted by atomic mass is 10.2. The highest BCUT2D eigenvalue weighted by molar-refractivity contribution is 7.92. The van der Waals surface area contributed by atoms with Crippen molar-refractivity contribution in [1.82, 2.24) is 0 Å². The summed E-state index contributed by atoms with van der Waals surface area (Å²) in [4.78, 5) is 23.7. The molecule has 0 saturated carbocycles. The van der Waals surface area contributed by atoms with Crippen LogP contribution in [0.25, 0.3) is 0 Å². The fourth-order valence-electron chi connectivity index (χ4n) is 2.84. The molecule has 0 spiro atoms. The highest BCUT2D eigenvalue weighted by atomic mass is 32.2. The SMILES string of the molecule is Cc1cccc(N(C)S(=O)(=O)c2cccc(C(=O)Nc3ccc(C(N)=O)cc3)c2)c1. The van der Waals surface area contributed by atoms with Gasteiger partial charge in [0, 0.05) is 23.9 Å². The number of amides is 2. The van der Waals surface area contributed by atoms with E-state index in [2.05, 4.69) is 5.32 Å². The Labute approximate surface area is 175 Å². The van der Waals surface area contributed by atoms with E-state index in [0.29, 0.717) is 16.9 Å². The second-order valence-electron chi connectivity index (χ2n) is 6.74. The first-order chi connectivity index (χ1) is 14.2. The van der Waals surface area contributed by atoms with E-state index in [9.17, 15) is 18.0 Å². The van der Waals surface area contributed by atoms with Gasteiger partial charge in [0.1, 0.15) is 0 Å². The maximum Gasteiger partial charge on any atom is 0.264 e. The number of nitrogens with one attached hydrogen (secondary N) is 1. The van der Waals surface area contributed by atoms with Crippen LogP contribution in [0.15, 0.2) is 77.7 Å². The standard InChI is InChI=1S/C22H21N3O4S/c1-15-5-3-7-19(13-15)25(2)30(28,29)20-8-4-6-17(14-20)22(27)24-18-11-9-16(10-12-18)21(23)26/h3-14H,1-2H3,(H2,23,26)(H,24,27). The van der Waals surface area contributed by atoms with E-state index >= 15 is 0 Å². The molecule has 0 fully saturated rings. The summed E-state index contributed by atoms with van der Waals surface area (Å²) in [5.74, 6) is -1.04. The van der Waals surface area contributed by atoms with Crippen LogP contribution in [0.4, 0.5) is 11.4 Å². The van der Waals surface area contributed by atoms with E-state index in [4.69, 9.17) is 5.73 Å². The van der Waals surface area contributed by atoms with Crippen LogP contribution in [0, 0.1) is 6.92 Å². The van der Waals surface area contributed by atoms with E-state index in [1.165, 1.54) is 47.8 Å². The Morgan fingerprint density at radius 1 is 0.900 bits per heavy atom. The molecule has 0 aliphatic heterocycles. The van der Waals surface area contributed by atoms with Crippen molar-refractivity contribution < 1.29 is 18.0 Å². The quantitative estimate of drug-likeness (QED) is 0.634. The van der Waals surface area contributed by atoms with Crippen LogP contribution in [0.1, 0.15) is 26.3 Å². The fraction of sp³-hybridized carbons (Fsp3) is 0.0909. The van der Waals surface area contributed by atoms with Crippen LogP contribution in [-0.4, -0.2) is 27.3 Å². The molecule has 2 amide bonds. The van der Waals surface area contributed by atoms with Gasteiger partial charge >= 0.3 is 0 Å². The van der Waals surface area contributed by atoms with E-state index in [1.54, 1.807) is 30.3 Å². The van der Waals surface area contributed by atoms with Crippen molar-refractivity contribution in [2.75, 3.05) is 16.7 Å². The van der Waals surface area contributed by atoms with Crippen LogP contribution in [-0.2, 0) is 10.0 Å². The zero-order chi connectivity index (χ0) is 21.9. The summed E-state index contributed by atoms with van der Waals surface area (Å²) in [6.45, 7) is 1.88. The van der Waals surface area contributed by atoms with Crippen LogP contribution < -0.4 is 15.4 Å². The molecule has 7 nitrogen and oxygen atoms in total. The van der Waals surface area contributed by atoms with Gasteiger partial charge in [0.05, 0.1) is 10.6 Å². The Morgan fingerprint density at radius 2 is 1.57 bits per heavy atom. The third-order valence-corrected chi connectivity index (χ3v) is 6.33. The normalized spacial score (nSPS) is 11.0. The highest BCUT2D eigenvalue weighted by Gasteiger charge is 2.22. The minimum absolute atomic E-state index is 0.00299. The summed E-state index contributed by atoms with van der Waals surface area (Å²) >= 11 is 0. The molecule has 0 aliphatic rings.